The quantitative estimate of drug-likeness (QED) is 0.876. The van der Waals surface area contributed by atoms with Crippen LogP contribution in [0.4, 0.5) is 0 Å². The minimum absolute atomic E-state index is 0.0352. The smallest absolute Gasteiger partial charge is 0.165 e. The predicted molar refractivity (Wildman–Crippen MR) is 84.8 cm³/mol. The van der Waals surface area contributed by atoms with Crippen LogP contribution in [0.2, 0.25) is 0 Å². The lowest BCUT2D eigenvalue weighted by Crippen LogP contribution is -2.07. The van der Waals surface area contributed by atoms with Crippen LogP contribution in [0.5, 0.6) is 23.0 Å². The first-order chi connectivity index (χ1) is 11.1. The number of rotatable bonds is 4. The van der Waals surface area contributed by atoms with E-state index in [4.69, 9.17) is 14.2 Å². The summed E-state index contributed by atoms with van der Waals surface area (Å²) in [4.78, 5) is 11.1. The first-order valence-corrected chi connectivity index (χ1v) is 7.29. The number of ether oxygens (including phenoxy) is 3. The summed E-state index contributed by atoms with van der Waals surface area (Å²) in [5.74, 6) is 1.72. The van der Waals surface area contributed by atoms with Crippen LogP contribution in [0.15, 0.2) is 30.3 Å². The maximum Gasteiger partial charge on any atom is 0.165 e. The Morgan fingerprint density at radius 2 is 1.87 bits per heavy atom. The monoisotopic (exact) mass is 314 g/mol. The van der Waals surface area contributed by atoms with Gasteiger partial charge < -0.3 is 19.3 Å². The molecular weight excluding hydrogens is 296 g/mol. The summed E-state index contributed by atoms with van der Waals surface area (Å²) in [6.45, 7) is 2.03. The summed E-state index contributed by atoms with van der Waals surface area (Å²) in [6.07, 6.45) is 0.558. The van der Waals surface area contributed by atoms with Gasteiger partial charge >= 0.3 is 0 Å². The van der Waals surface area contributed by atoms with Crippen LogP contribution in [0.1, 0.15) is 40.4 Å². The zero-order chi connectivity index (χ0) is 16.6. The topological polar surface area (TPSA) is 65.0 Å². The SMILES string of the molecule is COc1cc([C@H]2Oc3c(OC)cc(C=O)cc3[C@H]2C)ccc1O. The van der Waals surface area contributed by atoms with Gasteiger partial charge in [0.25, 0.3) is 0 Å². The Hall–Kier alpha value is -2.69. The zero-order valence-electron chi connectivity index (χ0n) is 13.2. The molecule has 120 valence electrons. The molecule has 2 atom stereocenters. The summed E-state index contributed by atoms with van der Waals surface area (Å²) in [6, 6.07) is 8.64. The van der Waals surface area contributed by atoms with E-state index in [9.17, 15) is 9.90 Å². The Morgan fingerprint density at radius 1 is 1.13 bits per heavy atom. The number of phenols is 1. The molecule has 0 bridgehead atoms. The molecule has 2 aromatic rings. The van der Waals surface area contributed by atoms with Gasteiger partial charge in [-0.2, -0.15) is 0 Å². The number of hydrogen-bond donors (Lipinski definition) is 1. The van der Waals surface area contributed by atoms with E-state index in [0.717, 1.165) is 17.4 Å². The van der Waals surface area contributed by atoms with Crippen LogP contribution in [0, 0.1) is 0 Å². The molecule has 0 aromatic heterocycles. The Bertz CT molecular complexity index is 753. The van der Waals surface area contributed by atoms with Crippen LogP contribution in [0.3, 0.4) is 0 Å². The van der Waals surface area contributed by atoms with E-state index in [1.165, 1.54) is 7.11 Å². The van der Waals surface area contributed by atoms with Crippen LogP contribution < -0.4 is 14.2 Å². The van der Waals surface area contributed by atoms with Crippen molar-refractivity contribution in [1.29, 1.82) is 0 Å². The van der Waals surface area contributed by atoms with Gasteiger partial charge in [-0.25, -0.2) is 0 Å². The maximum atomic E-state index is 11.1. The van der Waals surface area contributed by atoms with Crippen molar-refractivity contribution in [3.05, 3.63) is 47.0 Å². The third kappa shape index (κ3) is 2.48. The number of methoxy groups -OCH3 is 2. The third-order valence-corrected chi connectivity index (χ3v) is 4.18. The fourth-order valence-electron chi connectivity index (χ4n) is 2.95. The number of aromatic hydroxyl groups is 1. The summed E-state index contributed by atoms with van der Waals surface area (Å²) in [5.41, 5.74) is 2.38. The Kier molecular flexibility index (Phi) is 3.86. The molecule has 0 saturated heterocycles. The highest BCUT2D eigenvalue weighted by atomic mass is 16.5. The lowest BCUT2D eigenvalue weighted by Gasteiger charge is -2.17. The molecule has 0 saturated carbocycles. The minimum atomic E-state index is -0.240. The fraction of sp³-hybridized carbons (Fsp3) is 0.278. The van der Waals surface area contributed by atoms with Crippen molar-refractivity contribution < 1.29 is 24.1 Å². The molecule has 5 heteroatoms. The maximum absolute atomic E-state index is 11.1. The Morgan fingerprint density at radius 3 is 2.52 bits per heavy atom. The van der Waals surface area contributed by atoms with Crippen LogP contribution in [-0.2, 0) is 0 Å². The molecule has 0 spiro atoms. The summed E-state index contributed by atoms with van der Waals surface area (Å²) < 4.78 is 16.6. The Balaban J connectivity index is 2.03. The highest BCUT2D eigenvalue weighted by Gasteiger charge is 2.35. The van der Waals surface area contributed by atoms with Gasteiger partial charge in [-0.15, -0.1) is 0 Å². The molecule has 0 aliphatic carbocycles. The average Bonchev–Trinajstić information content (AvgIpc) is 2.91. The number of carbonyl (C=O) groups is 1. The average molecular weight is 314 g/mol. The molecule has 0 amide bonds. The summed E-state index contributed by atoms with van der Waals surface area (Å²) >= 11 is 0. The molecular formula is C18H18O5. The van der Waals surface area contributed by atoms with E-state index in [2.05, 4.69) is 0 Å². The summed E-state index contributed by atoms with van der Waals surface area (Å²) in [5, 5.41) is 9.74. The number of benzene rings is 2. The van der Waals surface area contributed by atoms with E-state index < -0.39 is 0 Å². The van der Waals surface area contributed by atoms with Gasteiger partial charge in [0.05, 0.1) is 14.2 Å². The molecule has 1 N–H and O–H groups in total. The molecule has 0 unspecified atom stereocenters. The first-order valence-electron chi connectivity index (χ1n) is 7.29. The van der Waals surface area contributed by atoms with E-state index in [0.29, 0.717) is 22.8 Å². The summed E-state index contributed by atoms with van der Waals surface area (Å²) in [7, 11) is 3.06. The molecule has 5 nitrogen and oxygen atoms in total. The van der Waals surface area contributed by atoms with E-state index >= 15 is 0 Å². The van der Waals surface area contributed by atoms with Gasteiger partial charge in [-0.3, -0.25) is 4.79 Å². The lowest BCUT2D eigenvalue weighted by molar-refractivity contribution is 0.112. The van der Waals surface area contributed by atoms with Gasteiger partial charge in [0, 0.05) is 17.0 Å². The molecule has 1 heterocycles. The van der Waals surface area contributed by atoms with Crippen molar-refractivity contribution in [1.82, 2.24) is 0 Å². The van der Waals surface area contributed by atoms with E-state index in [-0.39, 0.29) is 17.8 Å². The molecule has 0 fully saturated rings. The number of carbonyl (C=O) groups excluding carboxylic acids is 1. The second kappa shape index (κ2) is 5.83. The fourth-order valence-corrected chi connectivity index (χ4v) is 2.95. The molecule has 0 radical (unpaired) electrons. The van der Waals surface area contributed by atoms with Crippen LogP contribution >= 0.6 is 0 Å². The van der Waals surface area contributed by atoms with Crippen molar-refractivity contribution in [2.45, 2.75) is 18.9 Å². The lowest BCUT2D eigenvalue weighted by atomic mass is 9.91. The van der Waals surface area contributed by atoms with E-state index in [1.807, 2.05) is 13.0 Å². The van der Waals surface area contributed by atoms with Gasteiger partial charge in [0.2, 0.25) is 0 Å². The number of aldehydes is 1. The van der Waals surface area contributed by atoms with Crippen molar-refractivity contribution >= 4 is 6.29 Å². The van der Waals surface area contributed by atoms with Crippen molar-refractivity contribution in [3.8, 4) is 23.0 Å². The Labute approximate surface area is 134 Å². The van der Waals surface area contributed by atoms with Gasteiger partial charge in [0.15, 0.2) is 23.0 Å². The zero-order valence-corrected chi connectivity index (χ0v) is 13.2. The normalized spacial score (nSPS) is 18.9. The van der Waals surface area contributed by atoms with Crippen LogP contribution in [0.25, 0.3) is 0 Å². The molecule has 1 aliphatic rings. The van der Waals surface area contributed by atoms with Gasteiger partial charge in [-0.05, 0) is 29.8 Å². The highest BCUT2D eigenvalue weighted by Crippen LogP contribution is 2.51. The second-order valence-electron chi connectivity index (χ2n) is 5.52. The van der Waals surface area contributed by atoms with Gasteiger partial charge in [-0.1, -0.05) is 13.0 Å². The van der Waals surface area contributed by atoms with Crippen molar-refractivity contribution in [3.63, 3.8) is 0 Å². The highest BCUT2D eigenvalue weighted by molar-refractivity contribution is 5.78. The number of fused-ring (bicyclic) bond motifs is 1. The van der Waals surface area contributed by atoms with Crippen molar-refractivity contribution in [2.75, 3.05) is 14.2 Å². The molecule has 2 aromatic carbocycles. The molecule has 1 aliphatic heterocycles. The minimum Gasteiger partial charge on any atom is -0.504 e. The van der Waals surface area contributed by atoms with Gasteiger partial charge in [0.1, 0.15) is 12.4 Å². The number of hydrogen-bond acceptors (Lipinski definition) is 5. The third-order valence-electron chi connectivity index (χ3n) is 4.18. The largest absolute Gasteiger partial charge is 0.504 e. The standard InChI is InChI=1S/C18H18O5/c1-10-13-6-11(9-19)7-16(22-3)18(13)23-17(10)12-4-5-14(20)15(8-12)21-2/h4-10,17,20H,1-3H3/t10-,17+/m1/s1. The van der Waals surface area contributed by atoms with E-state index in [1.54, 1.807) is 31.4 Å². The first kappa shape index (κ1) is 15.2. The second-order valence-corrected chi connectivity index (χ2v) is 5.52. The van der Waals surface area contributed by atoms with Crippen LogP contribution in [-0.4, -0.2) is 25.6 Å². The predicted octanol–water partition coefficient (Wildman–Crippen LogP) is 3.46. The number of phenolic OH excluding ortho intramolecular Hbond substituents is 1. The molecule has 3 rings (SSSR count). The molecule has 23 heavy (non-hydrogen) atoms. The van der Waals surface area contributed by atoms with Crippen molar-refractivity contribution in [2.24, 2.45) is 0 Å².